The van der Waals surface area contributed by atoms with E-state index in [9.17, 15) is 0 Å². The first-order chi connectivity index (χ1) is 6.79. The van der Waals surface area contributed by atoms with Gasteiger partial charge in [-0.1, -0.05) is 0 Å². The molecule has 0 radical (unpaired) electrons. The lowest BCUT2D eigenvalue weighted by Crippen LogP contribution is -2.28. The average molecular weight is 194 g/mol. The first-order valence-electron chi connectivity index (χ1n) is 5.25. The van der Waals surface area contributed by atoms with Crippen molar-refractivity contribution in [3.05, 3.63) is 24.0 Å². The van der Waals surface area contributed by atoms with Gasteiger partial charge in [-0.15, -0.1) is 0 Å². The van der Waals surface area contributed by atoms with E-state index in [0.717, 1.165) is 19.1 Å². The molecule has 1 aliphatic rings. The van der Waals surface area contributed by atoms with E-state index in [1.165, 1.54) is 18.4 Å². The molecule has 1 saturated carbocycles. The smallest absolute Gasteiger partial charge is 0.0558 e. The van der Waals surface area contributed by atoms with Gasteiger partial charge in [-0.2, -0.15) is 0 Å². The molecule has 0 aromatic carbocycles. The molecule has 78 valence electrons. The van der Waals surface area contributed by atoms with Crippen LogP contribution < -0.4 is 0 Å². The van der Waals surface area contributed by atoms with E-state index in [1.807, 2.05) is 7.05 Å². The highest BCUT2D eigenvalue weighted by atomic mass is 16.3. The molecular formula is C11H18N2O. The Labute approximate surface area is 85.0 Å². The summed E-state index contributed by atoms with van der Waals surface area (Å²) in [6, 6.07) is 2.87. The zero-order valence-electron chi connectivity index (χ0n) is 8.69. The number of aryl methyl sites for hydroxylation is 1. The van der Waals surface area contributed by atoms with E-state index >= 15 is 0 Å². The van der Waals surface area contributed by atoms with Crippen molar-refractivity contribution in [1.29, 1.82) is 0 Å². The predicted octanol–water partition coefficient (Wildman–Crippen LogP) is 0.982. The molecule has 0 bridgehead atoms. The minimum Gasteiger partial charge on any atom is -0.395 e. The van der Waals surface area contributed by atoms with Gasteiger partial charge in [-0.25, -0.2) is 0 Å². The molecule has 1 aromatic rings. The Morgan fingerprint density at radius 1 is 1.57 bits per heavy atom. The molecule has 1 heterocycles. The number of aromatic nitrogens is 1. The third kappa shape index (κ3) is 2.36. The fourth-order valence-corrected chi connectivity index (χ4v) is 1.85. The van der Waals surface area contributed by atoms with E-state index in [-0.39, 0.29) is 6.61 Å². The fraction of sp³-hybridized carbons (Fsp3) is 0.636. The third-order valence-corrected chi connectivity index (χ3v) is 2.73. The van der Waals surface area contributed by atoms with Crippen molar-refractivity contribution >= 4 is 0 Å². The van der Waals surface area contributed by atoms with Crippen molar-refractivity contribution in [1.82, 2.24) is 9.47 Å². The Balaban J connectivity index is 1.92. The zero-order valence-corrected chi connectivity index (χ0v) is 8.69. The van der Waals surface area contributed by atoms with E-state index < -0.39 is 0 Å². The number of hydrogen-bond donors (Lipinski definition) is 1. The number of hydrogen-bond acceptors (Lipinski definition) is 2. The summed E-state index contributed by atoms with van der Waals surface area (Å²) < 4.78 is 2.07. The Morgan fingerprint density at radius 2 is 2.36 bits per heavy atom. The summed E-state index contributed by atoms with van der Waals surface area (Å²) in [4.78, 5) is 2.37. The summed E-state index contributed by atoms with van der Waals surface area (Å²) in [5.41, 5.74) is 1.34. The second-order valence-electron chi connectivity index (χ2n) is 4.11. The van der Waals surface area contributed by atoms with Crippen LogP contribution in [0.2, 0.25) is 0 Å². The zero-order chi connectivity index (χ0) is 9.97. The Bertz CT molecular complexity index is 291. The Hall–Kier alpha value is -0.800. The maximum atomic E-state index is 8.95. The lowest BCUT2D eigenvalue weighted by molar-refractivity contribution is 0.183. The monoisotopic (exact) mass is 194 g/mol. The lowest BCUT2D eigenvalue weighted by atomic mass is 10.3. The molecule has 1 aliphatic carbocycles. The van der Waals surface area contributed by atoms with Gasteiger partial charge < -0.3 is 9.67 Å². The maximum Gasteiger partial charge on any atom is 0.0558 e. The summed E-state index contributed by atoms with van der Waals surface area (Å²) in [5.74, 6) is 0. The van der Waals surface area contributed by atoms with Crippen molar-refractivity contribution in [3.8, 4) is 0 Å². The molecular weight excluding hydrogens is 176 g/mol. The number of rotatable bonds is 5. The van der Waals surface area contributed by atoms with Crippen molar-refractivity contribution in [2.45, 2.75) is 25.4 Å². The highest BCUT2D eigenvalue weighted by Crippen LogP contribution is 2.27. The molecule has 0 saturated heterocycles. The quantitative estimate of drug-likeness (QED) is 0.757. The van der Waals surface area contributed by atoms with Crippen LogP contribution in [0.1, 0.15) is 18.4 Å². The predicted molar refractivity (Wildman–Crippen MR) is 55.9 cm³/mol. The van der Waals surface area contributed by atoms with Crippen LogP contribution in [0.15, 0.2) is 18.5 Å². The van der Waals surface area contributed by atoms with E-state index in [4.69, 9.17) is 5.11 Å². The van der Waals surface area contributed by atoms with Crippen molar-refractivity contribution in [2.24, 2.45) is 7.05 Å². The summed E-state index contributed by atoms with van der Waals surface area (Å²) in [6.45, 7) is 2.05. The molecule has 0 atom stereocenters. The summed E-state index contributed by atoms with van der Waals surface area (Å²) in [5, 5.41) is 8.95. The minimum atomic E-state index is 0.267. The molecule has 3 nitrogen and oxygen atoms in total. The molecule has 1 fully saturated rings. The second-order valence-corrected chi connectivity index (χ2v) is 4.11. The lowest BCUT2D eigenvalue weighted by Gasteiger charge is -2.19. The topological polar surface area (TPSA) is 28.4 Å². The van der Waals surface area contributed by atoms with E-state index in [0.29, 0.717) is 0 Å². The van der Waals surface area contributed by atoms with Gasteiger partial charge in [0.05, 0.1) is 6.61 Å². The standard InChI is InChI=1S/C11H18N2O/c1-12-5-4-10(8-12)9-13(6-7-14)11-2-3-11/h4-5,8,11,14H,2-3,6-7,9H2,1H3. The van der Waals surface area contributed by atoms with Gasteiger partial charge in [0, 0.05) is 38.6 Å². The van der Waals surface area contributed by atoms with Crippen LogP contribution in [0.3, 0.4) is 0 Å². The number of aliphatic hydroxyl groups is 1. The summed E-state index contributed by atoms with van der Waals surface area (Å²) >= 11 is 0. The van der Waals surface area contributed by atoms with Crippen LogP contribution in [0.5, 0.6) is 0 Å². The van der Waals surface area contributed by atoms with Gasteiger partial charge in [-0.05, 0) is 24.5 Å². The first-order valence-corrected chi connectivity index (χ1v) is 5.25. The van der Waals surface area contributed by atoms with Gasteiger partial charge in [0.2, 0.25) is 0 Å². The minimum absolute atomic E-state index is 0.267. The molecule has 0 unspecified atom stereocenters. The number of aliphatic hydroxyl groups excluding tert-OH is 1. The maximum absolute atomic E-state index is 8.95. The average Bonchev–Trinajstić information content (AvgIpc) is 2.91. The third-order valence-electron chi connectivity index (χ3n) is 2.73. The largest absolute Gasteiger partial charge is 0.395 e. The van der Waals surface area contributed by atoms with Crippen LogP contribution in [-0.2, 0) is 13.6 Å². The van der Waals surface area contributed by atoms with Crippen LogP contribution in [0.4, 0.5) is 0 Å². The van der Waals surface area contributed by atoms with Crippen LogP contribution in [0, 0.1) is 0 Å². The Kier molecular flexibility index (Phi) is 2.89. The first kappa shape index (κ1) is 9.74. The summed E-state index contributed by atoms with van der Waals surface area (Å²) in [7, 11) is 2.04. The van der Waals surface area contributed by atoms with Crippen LogP contribution in [0.25, 0.3) is 0 Å². The normalized spacial score (nSPS) is 16.5. The van der Waals surface area contributed by atoms with E-state index in [2.05, 4.69) is 27.9 Å². The highest BCUT2D eigenvalue weighted by molar-refractivity contribution is 5.10. The fourth-order valence-electron chi connectivity index (χ4n) is 1.85. The number of nitrogens with zero attached hydrogens (tertiary/aromatic N) is 2. The molecule has 14 heavy (non-hydrogen) atoms. The van der Waals surface area contributed by atoms with Gasteiger partial charge >= 0.3 is 0 Å². The second kappa shape index (κ2) is 4.15. The molecule has 0 aliphatic heterocycles. The molecule has 1 aromatic heterocycles. The molecule has 3 heteroatoms. The SMILES string of the molecule is Cn1ccc(CN(CCO)C2CC2)c1. The van der Waals surface area contributed by atoms with Gasteiger partial charge in [0.25, 0.3) is 0 Å². The molecule has 0 spiro atoms. The Morgan fingerprint density at radius 3 is 2.86 bits per heavy atom. The van der Waals surface area contributed by atoms with Crippen molar-refractivity contribution in [3.63, 3.8) is 0 Å². The van der Waals surface area contributed by atoms with Gasteiger partial charge in [-0.3, -0.25) is 4.90 Å². The van der Waals surface area contributed by atoms with Crippen LogP contribution >= 0.6 is 0 Å². The highest BCUT2D eigenvalue weighted by Gasteiger charge is 2.28. The van der Waals surface area contributed by atoms with Gasteiger partial charge in [0.1, 0.15) is 0 Å². The molecule has 0 amide bonds. The van der Waals surface area contributed by atoms with Crippen molar-refractivity contribution in [2.75, 3.05) is 13.2 Å². The van der Waals surface area contributed by atoms with Gasteiger partial charge in [0.15, 0.2) is 0 Å². The summed E-state index contributed by atoms with van der Waals surface area (Å²) in [6.07, 6.45) is 6.81. The van der Waals surface area contributed by atoms with Crippen LogP contribution in [-0.4, -0.2) is 33.8 Å². The molecule has 2 rings (SSSR count). The molecule has 1 N–H and O–H groups in total. The van der Waals surface area contributed by atoms with Crippen molar-refractivity contribution < 1.29 is 5.11 Å². The van der Waals surface area contributed by atoms with E-state index in [1.54, 1.807) is 0 Å².